The summed E-state index contributed by atoms with van der Waals surface area (Å²) in [6, 6.07) is 13.6. The van der Waals surface area contributed by atoms with Crippen molar-refractivity contribution in [2.75, 3.05) is 13.1 Å². The molecule has 1 aliphatic rings. The highest BCUT2D eigenvalue weighted by molar-refractivity contribution is 5.90. The van der Waals surface area contributed by atoms with Crippen LogP contribution in [0.15, 0.2) is 48.7 Å². The van der Waals surface area contributed by atoms with Crippen LogP contribution in [-0.4, -0.2) is 34.8 Å². The van der Waals surface area contributed by atoms with E-state index in [1.54, 1.807) is 6.20 Å². The molecule has 1 aromatic carbocycles. The minimum atomic E-state index is -0.354. The van der Waals surface area contributed by atoms with Crippen molar-refractivity contribution in [1.29, 1.82) is 0 Å². The van der Waals surface area contributed by atoms with Crippen LogP contribution in [0.25, 0.3) is 0 Å². The molecule has 0 bridgehead atoms. The van der Waals surface area contributed by atoms with Crippen LogP contribution >= 0.6 is 0 Å². The van der Waals surface area contributed by atoms with Gasteiger partial charge in [-0.3, -0.25) is 14.6 Å². The second-order valence-corrected chi connectivity index (χ2v) is 6.65. The Balaban J connectivity index is 1.73. The van der Waals surface area contributed by atoms with Gasteiger partial charge in [-0.05, 0) is 37.1 Å². The maximum Gasteiger partial charge on any atom is 0.226 e. The standard InChI is InChI=1S/C21H25N3O2/c1-3-24-19(25)14-18(20(24)17-10-5-4-8-15(17)2)21(26)23-13-11-16-9-6-7-12-22-16/h4-10,12,18,20H,3,11,13-14H2,1-2H3,(H,23,26)/t18-,20+/m1/s1. The number of rotatable bonds is 6. The van der Waals surface area contributed by atoms with E-state index in [1.807, 2.05) is 61.2 Å². The van der Waals surface area contributed by atoms with Crippen molar-refractivity contribution in [2.24, 2.45) is 5.92 Å². The number of nitrogens with one attached hydrogen (secondary N) is 1. The van der Waals surface area contributed by atoms with Gasteiger partial charge in [0.1, 0.15) is 0 Å². The van der Waals surface area contributed by atoms with E-state index in [1.165, 1.54) is 0 Å². The van der Waals surface area contributed by atoms with Gasteiger partial charge in [0.15, 0.2) is 0 Å². The summed E-state index contributed by atoms with van der Waals surface area (Å²) in [4.78, 5) is 31.4. The highest BCUT2D eigenvalue weighted by atomic mass is 16.2. The van der Waals surface area contributed by atoms with Crippen LogP contribution in [0.2, 0.25) is 0 Å². The number of hydrogen-bond donors (Lipinski definition) is 1. The predicted octanol–water partition coefficient (Wildman–Crippen LogP) is 2.66. The van der Waals surface area contributed by atoms with Gasteiger partial charge < -0.3 is 10.2 Å². The average Bonchev–Trinajstić information content (AvgIpc) is 2.99. The minimum absolute atomic E-state index is 0.0469. The Labute approximate surface area is 154 Å². The van der Waals surface area contributed by atoms with Crippen molar-refractivity contribution in [3.63, 3.8) is 0 Å². The van der Waals surface area contributed by atoms with Crippen LogP contribution in [-0.2, 0) is 16.0 Å². The van der Waals surface area contributed by atoms with E-state index in [4.69, 9.17) is 0 Å². The smallest absolute Gasteiger partial charge is 0.226 e. The summed E-state index contributed by atoms with van der Waals surface area (Å²) in [5, 5.41) is 3.00. The van der Waals surface area contributed by atoms with Crippen LogP contribution < -0.4 is 5.32 Å². The van der Waals surface area contributed by atoms with Gasteiger partial charge in [0, 0.05) is 37.8 Å². The first kappa shape index (κ1) is 18.1. The van der Waals surface area contributed by atoms with Crippen molar-refractivity contribution in [1.82, 2.24) is 15.2 Å². The summed E-state index contributed by atoms with van der Waals surface area (Å²) in [5.74, 6) is -0.364. The molecule has 0 spiro atoms. The number of likely N-dealkylation sites (tertiary alicyclic amines) is 1. The zero-order chi connectivity index (χ0) is 18.5. The van der Waals surface area contributed by atoms with E-state index < -0.39 is 0 Å². The molecule has 1 saturated heterocycles. The Kier molecular flexibility index (Phi) is 5.66. The zero-order valence-electron chi connectivity index (χ0n) is 15.3. The molecule has 2 atom stereocenters. The first-order valence-electron chi connectivity index (χ1n) is 9.14. The third kappa shape index (κ3) is 3.77. The van der Waals surface area contributed by atoms with Gasteiger partial charge in [0.05, 0.1) is 12.0 Å². The van der Waals surface area contributed by atoms with Crippen LogP contribution in [0, 0.1) is 12.8 Å². The molecule has 5 nitrogen and oxygen atoms in total. The molecule has 2 amide bonds. The molecule has 5 heteroatoms. The molecule has 0 unspecified atom stereocenters. The first-order valence-corrected chi connectivity index (χ1v) is 9.14. The van der Waals surface area contributed by atoms with Crippen molar-refractivity contribution in [3.8, 4) is 0 Å². The fourth-order valence-electron chi connectivity index (χ4n) is 3.69. The number of benzene rings is 1. The van der Waals surface area contributed by atoms with Crippen LogP contribution in [0.3, 0.4) is 0 Å². The number of hydrogen-bond acceptors (Lipinski definition) is 3. The molecular weight excluding hydrogens is 326 g/mol. The maximum absolute atomic E-state index is 12.8. The van der Waals surface area contributed by atoms with E-state index in [0.717, 1.165) is 16.8 Å². The molecule has 2 heterocycles. The molecule has 0 aliphatic carbocycles. The minimum Gasteiger partial charge on any atom is -0.355 e. The third-order valence-electron chi connectivity index (χ3n) is 5.02. The van der Waals surface area contributed by atoms with Gasteiger partial charge in [-0.25, -0.2) is 0 Å². The Bertz CT molecular complexity index is 776. The van der Waals surface area contributed by atoms with Crippen LogP contribution in [0.4, 0.5) is 0 Å². The van der Waals surface area contributed by atoms with E-state index in [0.29, 0.717) is 19.5 Å². The lowest BCUT2D eigenvalue weighted by molar-refractivity contribution is -0.129. The molecule has 1 aromatic heterocycles. The summed E-state index contributed by atoms with van der Waals surface area (Å²) >= 11 is 0. The second kappa shape index (κ2) is 8.13. The summed E-state index contributed by atoms with van der Waals surface area (Å²) in [6.45, 7) is 5.12. The fraction of sp³-hybridized carbons (Fsp3) is 0.381. The van der Waals surface area contributed by atoms with Crippen molar-refractivity contribution >= 4 is 11.8 Å². The molecule has 26 heavy (non-hydrogen) atoms. The van der Waals surface area contributed by atoms with E-state index in [2.05, 4.69) is 10.3 Å². The summed E-state index contributed by atoms with van der Waals surface area (Å²) in [6.07, 6.45) is 2.70. The van der Waals surface area contributed by atoms with E-state index >= 15 is 0 Å². The van der Waals surface area contributed by atoms with Gasteiger partial charge in [-0.2, -0.15) is 0 Å². The molecule has 2 aromatic rings. The lowest BCUT2D eigenvalue weighted by Gasteiger charge is -2.28. The third-order valence-corrected chi connectivity index (χ3v) is 5.02. The highest BCUT2D eigenvalue weighted by Gasteiger charge is 2.44. The number of pyridine rings is 1. The molecule has 1 aliphatic heterocycles. The lowest BCUT2D eigenvalue weighted by atomic mass is 9.90. The maximum atomic E-state index is 12.8. The van der Waals surface area contributed by atoms with Gasteiger partial charge in [-0.1, -0.05) is 30.3 Å². The molecule has 1 N–H and O–H groups in total. The fourth-order valence-corrected chi connectivity index (χ4v) is 3.69. The van der Waals surface area contributed by atoms with Crippen LogP contribution in [0.1, 0.15) is 36.2 Å². The van der Waals surface area contributed by atoms with Crippen LogP contribution in [0.5, 0.6) is 0 Å². The second-order valence-electron chi connectivity index (χ2n) is 6.65. The number of aromatic nitrogens is 1. The van der Waals surface area contributed by atoms with Crippen molar-refractivity contribution in [2.45, 2.75) is 32.7 Å². The Morgan fingerprint density at radius 3 is 2.69 bits per heavy atom. The van der Waals surface area contributed by atoms with Crippen molar-refractivity contribution < 1.29 is 9.59 Å². The number of nitrogens with zero attached hydrogens (tertiary/aromatic N) is 2. The van der Waals surface area contributed by atoms with E-state index in [9.17, 15) is 9.59 Å². The molecule has 1 fully saturated rings. The van der Waals surface area contributed by atoms with Gasteiger partial charge >= 0.3 is 0 Å². The van der Waals surface area contributed by atoms with Gasteiger partial charge in [0.2, 0.25) is 11.8 Å². The summed E-state index contributed by atoms with van der Waals surface area (Å²) in [7, 11) is 0. The van der Waals surface area contributed by atoms with Crippen molar-refractivity contribution in [3.05, 3.63) is 65.5 Å². The Morgan fingerprint density at radius 1 is 1.23 bits per heavy atom. The molecule has 3 rings (SSSR count). The number of carbonyl (C=O) groups excluding carboxylic acids is 2. The molecular formula is C21H25N3O2. The summed E-state index contributed by atoms with van der Waals surface area (Å²) < 4.78 is 0. The Hall–Kier alpha value is -2.69. The van der Waals surface area contributed by atoms with Gasteiger partial charge in [0.25, 0.3) is 0 Å². The molecule has 0 saturated carbocycles. The SMILES string of the molecule is CCN1C(=O)C[C@@H](C(=O)NCCc2ccccn2)[C@@H]1c1ccccc1C. The topological polar surface area (TPSA) is 62.3 Å². The average molecular weight is 351 g/mol. The molecule has 136 valence electrons. The molecule has 0 radical (unpaired) electrons. The Morgan fingerprint density at radius 2 is 2.00 bits per heavy atom. The number of aryl methyl sites for hydroxylation is 1. The highest BCUT2D eigenvalue weighted by Crippen LogP contribution is 2.39. The quantitative estimate of drug-likeness (QED) is 0.870. The lowest BCUT2D eigenvalue weighted by Crippen LogP contribution is -2.36. The predicted molar refractivity (Wildman–Crippen MR) is 100 cm³/mol. The first-order chi connectivity index (χ1) is 12.6. The zero-order valence-corrected chi connectivity index (χ0v) is 15.3. The van der Waals surface area contributed by atoms with E-state index in [-0.39, 0.29) is 30.2 Å². The number of amides is 2. The summed E-state index contributed by atoms with van der Waals surface area (Å²) in [5.41, 5.74) is 3.11. The largest absolute Gasteiger partial charge is 0.355 e. The van der Waals surface area contributed by atoms with Gasteiger partial charge in [-0.15, -0.1) is 0 Å². The normalized spacial score (nSPS) is 19.6. The monoisotopic (exact) mass is 351 g/mol. The number of carbonyl (C=O) groups is 2.